The highest BCUT2D eigenvalue weighted by atomic mass is 31.0. The minimum Gasteiger partial charge on any atom is -0.372 e. The summed E-state index contributed by atoms with van der Waals surface area (Å²) in [6, 6.07) is 0. The van der Waals surface area contributed by atoms with Crippen molar-refractivity contribution in [2.24, 2.45) is 5.73 Å². The van der Waals surface area contributed by atoms with Gasteiger partial charge in [-0.25, -0.2) is 0 Å². The van der Waals surface area contributed by atoms with E-state index in [2.05, 4.69) is 5.73 Å². The molecule has 0 saturated carbocycles. The van der Waals surface area contributed by atoms with Gasteiger partial charge in [0.25, 0.3) is 0 Å². The topological polar surface area (TPSA) is 43.1 Å². The van der Waals surface area contributed by atoms with Crippen molar-refractivity contribution in [3.05, 3.63) is 0 Å². The third kappa shape index (κ3) is 154. The molecule has 2 N–H and O–H groups in total. The number of primary amides is 1. The Bertz CT molecular complexity index is 15.5. The van der Waals surface area contributed by atoms with Crippen LogP contribution in [0.4, 0.5) is 0 Å². The predicted octanol–water partition coefficient (Wildman–Crippen LogP) is -0.840. The summed E-state index contributed by atoms with van der Waals surface area (Å²) in [5.41, 5.74) is 4.17. The molecule has 2 nitrogen and oxygen atoms in total. The van der Waals surface area contributed by atoms with Crippen molar-refractivity contribution in [1.82, 2.24) is 0 Å². The van der Waals surface area contributed by atoms with Crippen LogP contribution >= 0.6 is 9.90 Å². The van der Waals surface area contributed by atoms with Crippen LogP contribution in [0, 0.1) is 0 Å². The molecule has 0 spiro atoms. The van der Waals surface area contributed by atoms with E-state index in [-0.39, 0.29) is 16.3 Å². The maximum Gasteiger partial charge on any atom is 0.204 e. The number of carbonyl (C=O) groups is 1. The minimum atomic E-state index is 0. The quantitative estimate of drug-likeness (QED) is 0.298. The number of hydrogen-bond donors (Lipinski definition) is 1. The number of amides is 1. The van der Waals surface area contributed by atoms with Gasteiger partial charge in [-0.05, 0) is 0 Å². The second kappa shape index (κ2) is 12.9. The first kappa shape index (κ1) is 9.09. The largest absolute Gasteiger partial charge is 0.372 e. The zero-order valence-electron chi connectivity index (χ0n) is 2.27. The highest BCUT2D eigenvalue weighted by molar-refractivity contribution is 6.92. The van der Waals surface area contributed by atoms with Crippen LogP contribution in [-0.2, 0) is 4.79 Å². The van der Waals surface area contributed by atoms with Crippen LogP contribution in [0.1, 0.15) is 0 Å². The Morgan fingerprint density at radius 2 is 1.75 bits per heavy atom. The molecule has 0 aliphatic heterocycles. The maximum absolute atomic E-state index is 8.58. The Morgan fingerprint density at radius 1 is 1.75 bits per heavy atom. The first-order valence-electron chi connectivity index (χ1n) is 0.569. The second-order valence-electron chi connectivity index (χ2n) is 0.136. The molecule has 0 saturated heterocycles. The lowest BCUT2D eigenvalue weighted by atomic mass is 11.5. The number of carbonyl (C=O) groups excluding carboxylic acids is 1. The molecule has 26 valence electrons. The number of nitrogens with two attached hydrogens (primary N) is 1. The van der Waals surface area contributed by atoms with Gasteiger partial charge in [-0.2, -0.15) is 9.90 Å². The summed E-state index contributed by atoms with van der Waals surface area (Å²) >= 11 is 0. The number of rotatable bonds is 0. The van der Waals surface area contributed by atoms with Gasteiger partial charge >= 0.3 is 0 Å². The van der Waals surface area contributed by atoms with Gasteiger partial charge in [0.1, 0.15) is 0 Å². The molecular weight excluding hydrogens is 73.0 g/mol. The Morgan fingerprint density at radius 3 is 1.75 bits per heavy atom. The Balaban J connectivity index is 0. The monoisotopic (exact) mass is 79.0 g/mol. The fourth-order valence-corrected chi connectivity index (χ4v) is 0. The molecule has 3 heteroatoms. The van der Waals surface area contributed by atoms with Crippen LogP contribution in [0.3, 0.4) is 0 Å². The van der Waals surface area contributed by atoms with Crippen molar-refractivity contribution in [3.8, 4) is 0 Å². The van der Waals surface area contributed by atoms with Gasteiger partial charge in [-0.1, -0.05) is 0 Å². The van der Waals surface area contributed by atoms with E-state index in [9.17, 15) is 0 Å². The standard InChI is InChI=1S/CH3NO.H3P/c2-1-3;/h1H,(H2,2,3);1H3. The van der Waals surface area contributed by atoms with Crippen LogP contribution in [-0.4, -0.2) is 6.41 Å². The fraction of sp³-hybridized carbons (Fsp3) is 0. The van der Waals surface area contributed by atoms with E-state index in [4.69, 9.17) is 4.79 Å². The molecule has 0 aromatic heterocycles. The van der Waals surface area contributed by atoms with E-state index < -0.39 is 0 Å². The van der Waals surface area contributed by atoms with E-state index in [0.29, 0.717) is 0 Å². The molecule has 4 heavy (non-hydrogen) atoms. The summed E-state index contributed by atoms with van der Waals surface area (Å²) < 4.78 is 0. The molecule has 0 rings (SSSR count). The molecule has 0 heterocycles. The average Bonchev–Trinajstić information content (AvgIpc) is 0.918. The smallest absolute Gasteiger partial charge is 0.204 e. The summed E-state index contributed by atoms with van der Waals surface area (Å²) in [6.45, 7) is 0. The molecule has 0 aromatic rings. The molecule has 1 atom stereocenters. The summed E-state index contributed by atoms with van der Waals surface area (Å²) in [7, 11) is 0. The van der Waals surface area contributed by atoms with Crippen LogP contribution in [0.15, 0.2) is 0 Å². The molecule has 0 radical (unpaired) electrons. The van der Waals surface area contributed by atoms with Crippen molar-refractivity contribution in [2.75, 3.05) is 0 Å². The summed E-state index contributed by atoms with van der Waals surface area (Å²) in [4.78, 5) is 8.58. The van der Waals surface area contributed by atoms with Crippen LogP contribution in [0.25, 0.3) is 0 Å². The lowest BCUT2D eigenvalue weighted by Gasteiger charge is -1.32. The Kier molecular flexibility index (Phi) is 29.4. The SMILES string of the molecule is NC=O.P. The van der Waals surface area contributed by atoms with Gasteiger partial charge in [-0.15, -0.1) is 0 Å². The highest BCUT2D eigenvalue weighted by Crippen LogP contribution is 0.861. The zero-order chi connectivity index (χ0) is 2.71. The van der Waals surface area contributed by atoms with Gasteiger partial charge in [0, 0.05) is 0 Å². The van der Waals surface area contributed by atoms with Crippen molar-refractivity contribution < 1.29 is 4.79 Å². The summed E-state index contributed by atoms with van der Waals surface area (Å²) in [5.74, 6) is 0. The van der Waals surface area contributed by atoms with Crippen LogP contribution in [0.2, 0.25) is 0 Å². The van der Waals surface area contributed by atoms with Gasteiger partial charge in [0.05, 0.1) is 0 Å². The normalized spacial score (nSPS) is 3.00. The zero-order valence-corrected chi connectivity index (χ0v) is 3.68. The van der Waals surface area contributed by atoms with Gasteiger partial charge < -0.3 is 5.73 Å². The van der Waals surface area contributed by atoms with Crippen molar-refractivity contribution in [3.63, 3.8) is 0 Å². The molecular formula is CH6NOP. The van der Waals surface area contributed by atoms with E-state index in [1.165, 1.54) is 0 Å². The van der Waals surface area contributed by atoms with Gasteiger partial charge in [0.15, 0.2) is 0 Å². The Hall–Kier alpha value is -0.100. The maximum atomic E-state index is 8.58. The molecule has 0 aliphatic carbocycles. The van der Waals surface area contributed by atoms with Gasteiger partial charge in [0.2, 0.25) is 6.41 Å². The third-order valence-electron chi connectivity index (χ3n) is 0. The van der Waals surface area contributed by atoms with Gasteiger partial charge in [-0.3, -0.25) is 4.79 Å². The van der Waals surface area contributed by atoms with Crippen molar-refractivity contribution in [2.45, 2.75) is 0 Å². The first-order chi connectivity index (χ1) is 1.41. The van der Waals surface area contributed by atoms with E-state index >= 15 is 0 Å². The third-order valence-corrected chi connectivity index (χ3v) is 0. The summed E-state index contributed by atoms with van der Waals surface area (Å²) in [5, 5.41) is 0. The second-order valence-corrected chi connectivity index (χ2v) is 0.136. The van der Waals surface area contributed by atoms with Crippen molar-refractivity contribution >= 4 is 16.3 Å². The molecule has 0 aliphatic rings. The summed E-state index contributed by atoms with van der Waals surface area (Å²) in [6.07, 6.45) is 0.250. The van der Waals surface area contributed by atoms with Crippen molar-refractivity contribution in [1.29, 1.82) is 0 Å². The average molecular weight is 79.0 g/mol. The number of hydrogen-bond acceptors (Lipinski definition) is 1. The lowest BCUT2D eigenvalue weighted by Crippen LogP contribution is -1.82. The highest BCUT2D eigenvalue weighted by Gasteiger charge is 1.19. The van der Waals surface area contributed by atoms with E-state index in [1.807, 2.05) is 0 Å². The fourth-order valence-electron chi connectivity index (χ4n) is 0. The minimum absolute atomic E-state index is 0. The molecule has 0 fully saturated rings. The molecule has 1 amide bonds. The predicted molar refractivity (Wildman–Crippen MR) is 21.4 cm³/mol. The molecule has 1 unspecified atom stereocenters. The van der Waals surface area contributed by atoms with Crippen LogP contribution < -0.4 is 5.73 Å². The first-order valence-corrected chi connectivity index (χ1v) is 0.569. The van der Waals surface area contributed by atoms with E-state index in [0.717, 1.165) is 0 Å². The van der Waals surface area contributed by atoms with Crippen LogP contribution in [0.5, 0.6) is 0 Å². The van der Waals surface area contributed by atoms with E-state index in [1.54, 1.807) is 0 Å². The molecule has 0 bridgehead atoms. The molecule has 0 aromatic carbocycles. The Labute approximate surface area is 28.0 Å². The lowest BCUT2D eigenvalue weighted by molar-refractivity contribution is -0.106.